The van der Waals surface area contributed by atoms with E-state index < -0.39 is 0 Å². The summed E-state index contributed by atoms with van der Waals surface area (Å²) in [5.74, 6) is 0.276. The largest absolute Gasteiger partial charge is 0.300 e. The third-order valence-electron chi connectivity index (χ3n) is 3.03. The third kappa shape index (κ3) is 3.48. The first-order valence-electron chi connectivity index (χ1n) is 6.13. The van der Waals surface area contributed by atoms with Crippen LogP contribution in [0, 0.1) is 13.8 Å². The van der Waals surface area contributed by atoms with Gasteiger partial charge in [-0.05, 0) is 50.3 Å². The second-order valence-corrected chi connectivity index (χ2v) is 4.66. The molecular formula is C15H22O. The van der Waals surface area contributed by atoms with E-state index >= 15 is 0 Å². The molecule has 0 spiro atoms. The van der Waals surface area contributed by atoms with Crippen LogP contribution in [0.5, 0.6) is 0 Å². The second kappa shape index (κ2) is 5.83. The summed E-state index contributed by atoms with van der Waals surface area (Å²) < 4.78 is 0. The molecule has 1 aromatic carbocycles. The number of benzene rings is 1. The fourth-order valence-electron chi connectivity index (χ4n) is 2.11. The molecule has 0 saturated carbocycles. The molecule has 0 unspecified atom stereocenters. The van der Waals surface area contributed by atoms with Crippen molar-refractivity contribution in [2.45, 2.75) is 53.4 Å². The Morgan fingerprint density at radius 2 is 1.69 bits per heavy atom. The third-order valence-corrected chi connectivity index (χ3v) is 3.03. The lowest BCUT2D eigenvalue weighted by Gasteiger charge is -2.12. The molecule has 0 aliphatic rings. The zero-order chi connectivity index (χ0) is 12.1. The molecule has 16 heavy (non-hydrogen) atoms. The van der Waals surface area contributed by atoms with E-state index in [1.807, 2.05) is 0 Å². The molecule has 0 aliphatic carbocycles. The molecule has 1 nitrogen and oxygen atoms in total. The van der Waals surface area contributed by atoms with Crippen LogP contribution in [0.3, 0.4) is 0 Å². The van der Waals surface area contributed by atoms with E-state index in [0.717, 1.165) is 12.8 Å². The highest BCUT2D eigenvalue weighted by Crippen LogP contribution is 2.19. The summed E-state index contributed by atoms with van der Waals surface area (Å²) in [6.07, 6.45) is 3.87. The Kier molecular flexibility index (Phi) is 4.72. The topological polar surface area (TPSA) is 17.1 Å². The molecule has 0 radical (unpaired) electrons. The number of carbonyl (C=O) groups is 1. The van der Waals surface area contributed by atoms with Gasteiger partial charge in [-0.25, -0.2) is 0 Å². The van der Waals surface area contributed by atoms with Gasteiger partial charge in [0.2, 0.25) is 0 Å². The van der Waals surface area contributed by atoms with Gasteiger partial charge in [0.1, 0.15) is 5.78 Å². The van der Waals surface area contributed by atoms with E-state index in [1.165, 1.54) is 28.7 Å². The van der Waals surface area contributed by atoms with Gasteiger partial charge in [-0.3, -0.25) is 0 Å². The van der Waals surface area contributed by atoms with Gasteiger partial charge >= 0.3 is 0 Å². The molecule has 0 atom stereocenters. The Labute approximate surface area is 98.9 Å². The van der Waals surface area contributed by atoms with Gasteiger partial charge in [0.25, 0.3) is 0 Å². The Balaban J connectivity index is 2.94. The maximum Gasteiger partial charge on any atom is 0.130 e. The van der Waals surface area contributed by atoms with E-state index in [-0.39, 0.29) is 5.78 Å². The first-order valence-corrected chi connectivity index (χ1v) is 6.13. The highest BCUT2D eigenvalue weighted by atomic mass is 16.1. The maximum atomic E-state index is 11.0. The van der Waals surface area contributed by atoms with E-state index in [4.69, 9.17) is 0 Å². The van der Waals surface area contributed by atoms with Crippen molar-refractivity contribution in [2.75, 3.05) is 0 Å². The van der Waals surface area contributed by atoms with Gasteiger partial charge in [0.05, 0.1) is 0 Å². The number of carbonyl (C=O) groups excluding carboxylic acids is 1. The van der Waals surface area contributed by atoms with E-state index in [9.17, 15) is 4.79 Å². The molecule has 0 aliphatic heterocycles. The molecule has 0 amide bonds. The summed E-state index contributed by atoms with van der Waals surface area (Å²) in [5.41, 5.74) is 5.49. The van der Waals surface area contributed by atoms with Crippen LogP contribution < -0.4 is 0 Å². The van der Waals surface area contributed by atoms with Crippen molar-refractivity contribution in [3.05, 3.63) is 34.4 Å². The molecule has 1 rings (SSSR count). The Morgan fingerprint density at radius 1 is 1.12 bits per heavy atom. The number of ketones is 1. The van der Waals surface area contributed by atoms with Crippen molar-refractivity contribution in [3.8, 4) is 0 Å². The van der Waals surface area contributed by atoms with E-state index in [1.54, 1.807) is 6.92 Å². The number of hydrogen-bond donors (Lipinski definition) is 0. The lowest BCUT2D eigenvalue weighted by atomic mass is 9.93. The van der Waals surface area contributed by atoms with Crippen LogP contribution >= 0.6 is 0 Å². The van der Waals surface area contributed by atoms with Gasteiger partial charge in [0, 0.05) is 6.42 Å². The highest BCUT2D eigenvalue weighted by molar-refractivity contribution is 5.75. The summed E-state index contributed by atoms with van der Waals surface area (Å²) in [6.45, 7) is 8.19. The predicted molar refractivity (Wildman–Crippen MR) is 68.9 cm³/mol. The molecule has 88 valence electrons. The molecule has 0 N–H and O–H groups in total. The number of aryl methyl sites for hydroxylation is 3. The summed E-state index contributed by atoms with van der Waals surface area (Å²) in [6, 6.07) is 4.49. The van der Waals surface area contributed by atoms with Crippen molar-refractivity contribution in [2.24, 2.45) is 0 Å². The SMILES string of the molecule is CCCc1cc(C)cc(CCC(C)=O)c1C. The van der Waals surface area contributed by atoms with Crippen LogP contribution in [0.2, 0.25) is 0 Å². The fourth-order valence-corrected chi connectivity index (χ4v) is 2.11. The first-order chi connectivity index (χ1) is 7.54. The molecule has 0 heterocycles. The zero-order valence-electron chi connectivity index (χ0n) is 10.9. The summed E-state index contributed by atoms with van der Waals surface area (Å²) in [7, 11) is 0. The summed E-state index contributed by atoms with van der Waals surface area (Å²) in [5, 5.41) is 0. The van der Waals surface area contributed by atoms with Crippen molar-refractivity contribution in [1.29, 1.82) is 0 Å². The quantitative estimate of drug-likeness (QED) is 0.735. The average Bonchev–Trinajstić information content (AvgIpc) is 2.21. The first kappa shape index (κ1) is 13.0. The molecule has 0 bridgehead atoms. The lowest BCUT2D eigenvalue weighted by Crippen LogP contribution is -2.00. The van der Waals surface area contributed by atoms with Crippen molar-refractivity contribution in [1.82, 2.24) is 0 Å². The molecule has 0 aromatic heterocycles. The lowest BCUT2D eigenvalue weighted by molar-refractivity contribution is -0.116. The van der Waals surface area contributed by atoms with Crippen molar-refractivity contribution >= 4 is 5.78 Å². The van der Waals surface area contributed by atoms with E-state index in [0.29, 0.717) is 6.42 Å². The number of Topliss-reactive ketones (excluding diaryl/α,β-unsaturated/α-hetero) is 1. The van der Waals surface area contributed by atoms with Gasteiger partial charge in [-0.2, -0.15) is 0 Å². The summed E-state index contributed by atoms with van der Waals surface area (Å²) >= 11 is 0. The minimum Gasteiger partial charge on any atom is -0.300 e. The Hall–Kier alpha value is -1.11. The minimum absolute atomic E-state index is 0.276. The Morgan fingerprint density at radius 3 is 2.19 bits per heavy atom. The normalized spacial score (nSPS) is 10.5. The van der Waals surface area contributed by atoms with Gasteiger partial charge in [-0.1, -0.05) is 31.0 Å². The van der Waals surface area contributed by atoms with Crippen LogP contribution in [0.4, 0.5) is 0 Å². The highest BCUT2D eigenvalue weighted by Gasteiger charge is 2.06. The molecule has 1 heteroatoms. The second-order valence-electron chi connectivity index (χ2n) is 4.66. The van der Waals surface area contributed by atoms with Crippen molar-refractivity contribution in [3.63, 3.8) is 0 Å². The molecule has 0 saturated heterocycles. The van der Waals surface area contributed by atoms with Crippen LogP contribution in [0.25, 0.3) is 0 Å². The smallest absolute Gasteiger partial charge is 0.130 e. The predicted octanol–water partition coefficient (Wildman–Crippen LogP) is 3.78. The van der Waals surface area contributed by atoms with Gasteiger partial charge in [0.15, 0.2) is 0 Å². The average molecular weight is 218 g/mol. The van der Waals surface area contributed by atoms with E-state index in [2.05, 4.69) is 32.9 Å². The fraction of sp³-hybridized carbons (Fsp3) is 0.533. The molecule has 1 aromatic rings. The van der Waals surface area contributed by atoms with Crippen LogP contribution in [-0.4, -0.2) is 5.78 Å². The monoisotopic (exact) mass is 218 g/mol. The van der Waals surface area contributed by atoms with Gasteiger partial charge in [-0.15, -0.1) is 0 Å². The Bertz CT molecular complexity index is 377. The zero-order valence-corrected chi connectivity index (χ0v) is 10.9. The van der Waals surface area contributed by atoms with Crippen LogP contribution in [0.15, 0.2) is 12.1 Å². The number of hydrogen-bond acceptors (Lipinski definition) is 1. The summed E-state index contributed by atoms with van der Waals surface area (Å²) in [4.78, 5) is 11.0. The van der Waals surface area contributed by atoms with Crippen LogP contribution in [-0.2, 0) is 17.6 Å². The van der Waals surface area contributed by atoms with Gasteiger partial charge < -0.3 is 4.79 Å². The molecule has 0 fully saturated rings. The maximum absolute atomic E-state index is 11.0. The minimum atomic E-state index is 0.276. The standard InChI is InChI=1S/C15H22O/c1-5-6-14-9-11(2)10-15(13(14)4)8-7-12(3)16/h9-10H,5-8H2,1-4H3. The van der Waals surface area contributed by atoms with Crippen LogP contribution in [0.1, 0.15) is 48.9 Å². The molecular weight excluding hydrogens is 196 g/mol. The van der Waals surface area contributed by atoms with Crippen molar-refractivity contribution < 1.29 is 4.79 Å². The number of rotatable bonds is 5.